The molecule has 1 aliphatic heterocycles. The van der Waals surface area contributed by atoms with Crippen molar-refractivity contribution in [3.8, 4) is 6.07 Å². The van der Waals surface area contributed by atoms with E-state index in [0.717, 1.165) is 32.1 Å². The summed E-state index contributed by atoms with van der Waals surface area (Å²) in [5, 5.41) is 8.60. The van der Waals surface area contributed by atoms with Crippen molar-refractivity contribution in [1.82, 2.24) is 9.80 Å². The fraction of sp³-hybridized carbons (Fsp3) is 0.917. The quantitative estimate of drug-likeness (QED) is 0.644. The van der Waals surface area contributed by atoms with Crippen molar-refractivity contribution in [2.24, 2.45) is 5.92 Å². The molecule has 0 aromatic carbocycles. The number of nitriles is 1. The minimum absolute atomic E-state index is 0.596. The lowest BCUT2D eigenvalue weighted by atomic mass is 10.0. The molecule has 15 heavy (non-hydrogen) atoms. The average Bonchev–Trinajstić information content (AvgIpc) is 2.28. The summed E-state index contributed by atoms with van der Waals surface area (Å²) in [4.78, 5) is 4.79. The summed E-state index contributed by atoms with van der Waals surface area (Å²) in [5.41, 5.74) is 0. The topological polar surface area (TPSA) is 30.3 Å². The predicted molar refractivity (Wildman–Crippen MR) is 62.6 cm³/mol. The SMILES string of the molecule is CCC(CC)CN1CCN(CC#N)CC1. The Balaban J connectivity index is 2.22. The zero-order valence-corrected chi connectivity index (χ0v) is 10.1. The van der Waals surface area contributed by atoms with Crippen LogP contribution >= 0.6 is 0 Å². The van der Waals surface area contributed by atoms with Crippen LogP contribution in [0.25, 0.3) is 0 Å². The monoisotopic (exact) mass is 209 g/mol. The summed E-state index contributed by atoms with van der Waals surface area (Å²) in [6.45, 7) is 10.8. The standard InChI is InChI=1S/C12H23N3/c1-3-12(4-2)11-15-9-7-14(6-5-13)8-10-15/h12H,3-4,6-11H2,1-2H3. The van der Waals surface area contributed by atoms with Crippen molar-refractivity contribution in [1.29, 1.82) is 5.26 Å². The van der Waals surface area contributed by atoms with Gasteiger partial charge in [-0.1, -0.05) is 26.7 Å². The van der Waals surface area contributed by atoms with E-state index in [1.54, 1.807) is 0 Å². The summed E-state index contributed by atoms with van der Waals surface area (Å²) in [6, 6.07) is 2.22. The number of rotatable bonds is 5. The lowest BCUT2D eigenvalue weighted by molar-refractivity contribution is 0.125. The molecular weight excluding hydrogens is 186 g/mol. The van der Waals surface area contributed by atoms with Gasteiger partial charge in [-0.15, -0.1) is 0 Å². The van der Waals surface area contributed by atoms with Crippen molar-refractivity contribution in [3.63, 3.8) is 0 Å². The Bertz CT molecular complexity index is 197. The van der Waals surface area contributed by atoms with Gasteiger partial charge in [0.15, 0.2) is 0 Å². The van der Waals surface area contributed by atoms with Gasteiger partial charge >= 0.3 is 0 Å². The number of nitrogens with zero attached hydrogens (tertiary/aromatic N) is 3. The largest absolute Gasteiger partial charge is 0.301 e. The first-order valence-electron chi connectivity index (χ1n) is 6.11. The molecule has 0 radical (unpaired) electrons. The second-order valence-corrected chi connectivity index (χ2v) is 4.42. The maximum absolute atomic E-state index is 8.60. The predicted octanol–water partition coefficient (Wildman–Crippen LogP) is 1.56. The zero-order valence-electron chi connectivity index (χ0n) is 10.1. The van der Waals surface area contributed by atoms with Gasteiger partial charge in [0.2, 0.25) is 0 Å². The van der Waals surface area contributed by atoms with Crippen molar-refractivity contribution in [2.45, 2.75) is 26.7 Å². The van der Waals surface area contributed by atoms with Crippen LogP contribution in [0, 0.1) is 17.2 Å². The van der Waals surface area contributed by atoms with E-state index < -0.39 is 0 Å². The molecule has 0 aliphatic carbocycles. The maximum Gasteiger partial charge on any atom is 0.0866 e. The summed E-state index contributed by atoms with van der Waals surface area (Å²) >= 11 is 0. The van der Waals surface area contributed by atoms with Gasteiger partial charge in [-0.25, -0.2) is 0 Å². The molecule has 1 rings (SSSR count). The molecule has 1 heterocycles. The van der Waals surface area contributed by atoms with Crippen LogP contribution in [0.15, 0.2) is 0 Å². The molecule has 0 amide bonds. The summed E-state index contributed by atoms with van der Waals surface area (Å²) in [5.74, 6) is 0.854. The lowest BCUT2D eigenvalue weighted by Crippen LogP contribution is -2.47. The van der Waals surface area contributed by atoms with Gasteiger partial charge < -0.3 is 4.90 Å². The van der Waals surface area contributed by atoms with Gasteiger partial charge in [-0.3, -0.25) is 4.90 Å². The van der Waals surface area contributed by atoms with Crippen LogP contribution in [-0.2, 0) is 0 Å². The molecule has 0 unspecified atom stereocenters. The summed E-state index contributed by atoms with van der Waals surface area (Å²) in [7, 11) is 0. The fourth-order valence-corrected chi connectivity index (χ4v) is 2.14. The van der Waals surface area contributed by atoms with E-state index in [1.165, 1.54) is 19.4 Å². The van der Waals surface area contributed by atoms with E-state index in [9.17, 15) is 0 Å². The van der Waals surface area contributed by atoms with E-state index in [1.807, 2.05) is 0 Å². The van der Waals surface area contributed by atoms with E-state index in [0.29, 0.717) is 6.54 Å². The van der Waals surface area contributed by atoms with Crippen LogP contribution in [0.3, 0.4) is 0 Å². The normalized spacial score (nSPS) is 19.3. The minimum atomic E-state index is 0.596. The second-order valence-electron chi connectivity index (χ2n) is 4.42. The third-order valence-electron chi connectivity index (χ3n) is 3.43. The molecule has 1 fully saturated rings. The molecule has 0 atom stereocenters. The average molecular weight is 209 g/mol. The second kappa shape index (κ2) is 6.81. The van der Waals surface area contributed by atoms with Crippen molar-refractivity contribution in [2.75, 3.05) is 39.3 Å². The molecule has 3 heteroatoms. The smallest absolute Gasteiger partial charge is 0.0866 e. The maximum atomic E-state index is 8.60. The van der Waals surface area contributed by atoms with E-state index in [4.69, 9.17) is 5.26 Å². The zero-order chi connectivity index (χ0) is 11.1. The third-order valence-corrected chi connectivity index (χ3v) is 3.43. The van der Waals surface area contributed by atoms with Gasteiger partial charge in [-0.05, 0) is 5.92 Å². The Hall–Kier alpha value is -0.590. The first-order valence-corrected chi connectivity index (χ1v) is 6.11. The number of piperazine rings is 1. The molecule has 3 nitrogen and oxygen atoms in total. The lowest BCUT2D eigenvalue weighted by Gasteiger charge is -2.35. The molecule has 0 aromatic heterocycles. The van der Waals surface area contributed by atoms with Gasteiger partial charge in [0.25, 0.3) is 0 Å². The molecular formula is C12H23N3. The first kappa shape index (κ1) is 12.5. The van der Waals surface area contributed by atoms with E-state index in [-0.39, 0.29) is 0 Å². The molecule has 1 saturated heterocycles. The van der Waals surface area contributed by atoms with Crippen LogP contribution < -0.4 is 0 Å². The molecule has 0 saturated carbocycles. The number of hydrogen-bond acceptors (Lipinski definition) is 3. The van der Waals surface area contributed by atoms with Crippen molar-refractivity contribution < 1.29 is 0 Å². The molecule has 86 valence electrons. The first-order chi connectivity index (χ1) is 7.30. The van der Waals surface area contributed by atoms with Crippen LogP contribution in [0.1, 0.15) is 26.7 Å². The molecule has 0 aromatic rings. The Morgan fingerprint density at radius 1 is 1.07 bits per heavy atom. The highest BCUT2D eigenvalue weighted by atomic mass is 15.3. The molecule has 1 aliphatic rings. The Morgan fingerprint density at radius 2 is 1.60 bits per heavy atom. The van der Waals surface area contributed by atoms with Crippen molar-refractivity contribution in [3.05, 3.63) is 0 Å². The van der Waals surface area contributed by atoms with E-state index in [2.05, 4.69) is 29.7 Å². The van der Waals surface area contributed by atoms with Crippen LogP contribution in [0.5, 0.6) is 0 Å². The van der Waals surface area contributed by atoms with Gasteiger partial charge in [0, 0.05) is 32.7 Å². The summed E-state index contributed by atoms with van der Waals surface area (Å²) in [6.07, 6.45) is 2.57. The summed E-state index contributed by atoms with van der Waals surface area (Å²) < 4.78 is 0. The number of hydrogen-bond donors (Lipinski definition) is 0. The molecule has 0 bridgehead atoms. The van der Waals surface area contributed by atoms with Crippen LogP contribution in [0.4, 0.5) is 0 Å². The Labute approximate surface area is 93.7 Å². The fourth-order valence-electron chi connectivity index (χ4n) is 2.14. The molecule has 0 spiro atoms. The van der Waals surface area contributed by atoms with Gasteiger partial charge in [0.1, 0.15) is 0 Å². The van der Waals surface area contributed by atoms with E-state index >= 15 is 0 Å². The Kier molecular flexibility index (Phi) is 5.67. The van der Waals surface area contributed by atoms with Gasteiger partial charge in [-0.2, -0.15) is 5.26 Å². The van der Waals surface area contributed by atoms with Gasteiger partial charge in [0.05, 0.1) is 12.6 Å². The minimum Gasteiger partial charge on any atom is -0.301 e. The highest BCUT2D eigenvalue weighted by Crippen LogP contribution is 2.11. The third kappa shape index (κ3) is 4.19. The van der Waals surface area contributed by atoms with Crippen LogP contribution in [0.2, 0.25) is 0 Å². The molecule has 0 N–H and O–H groups in total. The highest BCUT2D eigenvalue weighted by molar-refractivity contribution is 4.81. The Morgan fingerprint density at radius 3 is 2.07 bits per heavy atom. The van der Waals surface area contributed by atoms with Crippen molar-refractivity contribution >= 4 is 0 Å². The highest BCUT2D eigenvalue weighted by Gasteiger charge is 2.18. The van der Waals surface area contributed by atoms with Crippen LogP contribution in [-0.4, -0.2) is 49.1 Å².